The Labute approximate surface area is 110 Å². The summed E-state index contributed by atoms with van der Waals surface area (Å²) < 4.78 is 28.7. The molecule has 5 heteroatoms. The van der Waals surface area contributed by atoms with E-state index in [1.807, 2.05) is 26.0 Å². The zero-order chi connectivity index (χ0) is 14.0. The van der Waals surface area contributed by atoms with Crippen LogP contribution in [0, 0.1) is 0 Å². The second-order valence-corrected chi connectivity index (χ2v) is 7.62. The third kappa shape index (κ3) is 2.95. The van der Waals surface area contributed by atoms with Crippen LogP contribution in [0.5, 0.6) is 0 Å². The fraction of sp³-hybridized carbons (Fsp3) is 0.692. The molecule has 0 saturated carbocycles. The summed E-state index contributed by atoms with van der Waals surface area (Å²) in [5.41, 5.74) is 0. The first-order valence-corrected chi connectivity index (χ1v) is 8.14. The topological polar surface area (TPSA) is 59.3 Å². The summed E-state index contributed by atoms with van der Waals surface area (Å²) in [6.07, 6.45) is 2.07. The molecule has 4 nitrogen and oxygen atoms in total. The number of rotatable bonds is 6. The Bertz CT molecular complexity index is 488. The minimum absolute atomic E-state index is 0.335. The summed E-state index contributed by atoms with van der Waals surface area (Å²) in [7, 11) is -3.19. The molecule has 0 bridgehead atoms. The SMILES string of the molecule is CCNC(c1ccc(CC)o1)C(C)(C)S(C)(=O)=O. The largest absolute Gasteiger partial charge is 0.464 e. The average molecular weight is 273 g/mol. The lowest BCUT2D eigenvalue weighted by Crippen LogP contribution is -2.44. The maximum atomic E-state index is 11.9. The lowest BCUT2D eigenvalue weighted by Gasteiger charge is -2.31. The molecule has 0 spiro atoms. The predicted octanol–water partition coefficient (Wildman–Crippen LogP) is 2.32. The van der Waals surface area contributed by atoms with Gasteiger partial charge in [-0.05, 0) is 32.5 Å². The van der Waals surface area contributed by atoms with Crippen LogP contribution in [0.3, 0.4) is 0 Å². The van der Waals surface area contributed by atoms with E-state index in [-0.39, 0.29) is 6.04 Å². The van der Waals surface area contributed by atoms with Crippen LogP contribution in [-0.4, -0.2) is 26.0 Å². The third-order valence-electron chi connectivity index (χ3n) is 3.37. The van der Waals surface area contributed by atoms with Crippen LogP contribution in [-0.2, 0) is 16.3 Å². The zero-order valence-corrected chi connectivity index (χ0v) is 12.6. The lowest BCUT2D eigenvalue weighted by molar-refractivity contribution is 0.346. The monoisotopic (exact) mass is 273 g/mol. The summed E-state index contributed by atoms with van der Waals surface area (Å²) in [5.74, 6) is 1.56. The van der Waals surface area contributed by atoms with Gasteiger partial charge in [0.2, 0.25) is 0 Å². The van der Waals surface area contributed by atoms with Crippen LogP contribution in [0.25, 0.3) is 0 Å². The molecule has 1 unspecified atom stereocenters. The fourth-order valence-corrected chi connectivity index (χ4v) is 2.47. The highest BCUT2D eigenvalue weighted by molar-refractivity contribution is 7.92. The second-order valence-electron chi connectivity index (χ2n) is 5.02. The highest BCUT2D eigenvalue weighted by Crippen LogP contribution is 2.33. The Kier molecular flexibility index (Phi) is 4.61. The molecule has 0 aromatic carbocycles. The molecule has 1 rings (SSSR count). The number of aryl methyl sites for hydroxylation is 1. The van der Waals surface area contributed by atoms with Gasteiger partial charge in [-0.3, -0.25) is 0 Å². The molecule has 0 aliphatic carbocycles. The van der Waals surface area contributed by atoms with Crippen molar-refractivity contribution in [3.8, 4) is 0 Å². The van der Waals surface area contributed by atoms with Gasteiger partial charge in [-0.25, -0.2) is 8.42 Å². The van der Waals surface area contributed by atoms with E-state index >= 15 is 0 Å². The van der Waals surface area contributed by atoms with Crippen LogP contribution in [0.4, 0.5) is 0 Å². The van der Waals surface area contributed by atoms with Gasteiger partial charge in [0.25, 0.3) is 0 Å². The third-order valence-corrected chi connectivity index (χ3v) is 5.52. The molecule has 0 aliphatic rings. The molecule has 0 aliphatic heterocycles. The highest BCUT2D eigenvalue weighted by Gasteiger charge is 2.41. The number of nitrogens with one attached hydrogen (secondary N) is 1. The van der Waals surface area contributed by atoms with Crippen molar-refractivity contribution in [3.63, 3.8) is 0 Å². The molecular weight excluding hydrogens is 250 g/mol. The molecule has 18 heavy (non-hydrogen) atoms. The highest BCUT2D eigenvalue weighted by atomic mass is 32.2. The van der Waals surface area contributed by atoms with Gasteiger partial charge in [0.1, 0.15) is 11.5 Å². The van der Waals surface area contributed by atoms with Crippen LogP contribution in [0.1, 0.15) is 45.3 Å². The molecule has 0 radical (unpaired) electrons. The normalized spacial score (nSPS) is 14.7. The van der Waals surface area contributed by atoms with E-state index in [4.69, 9.17) is 4.42 Å². The van der Waals surface area contributed by atoms with Crippen LogP contribution < -0.4 is 5.32 Å². The molecule has 104 valence electrons. The molecule has 0 fully saturated rings. The number of hydrogen-bond donors (Lipinski definition) is 1. The van der Waals surface area contributed by atoms with Gasteiger partial charge in [-0.2, -0.15) is 0 Å². The van der Waals surface area contributed by atoms with Crippen molar-refractivity contribution in [1.82, 2.24) is 5.32 Å². The van der Waals surface area contributed by atoms with E-state index in [1.54, 1.807) is 13.8 Å². The molecule has 0 saturated heterocycles. The van der Waals surface area contributed by atoms with E-state index in [0.29, 0.717) is 12.3 Å². The van der Waals surface area contributed by atoms with Crippen LogP contribution >= 0.6 is 0 Å². The molecule has 1 aromatic heterocycles. The van der Waals surface area contributed by atoms with Crippen molar-refractivity contribution in [2.75, 3.05) is 12.8 Å². The van der Waals surface area contributed by atoms with Crippen LogP contribution in [0.15, 0.2) is 16.5 Å². The molecule has 1 atom stereocenters. The first-order chi connectivity index (χ1) is 8.24. The maximum absolute atomic E-state index is 11.9. The maximum Gasteiger partial charge on any atom is 0.154 e. The van der Waals surface area contributed by atoms with E-state index in [0.717, 1.165) is 12.2 Å². The zero-order valence-electron chi connectivity index (χ0n) is 11.8. The van der Waals surface area contributed by atoms with Crippen molar-refractivity contribution in [2.24, 2.45) is 0 Å². The van der Waals surface area contributed by atoms with E-state index in [2.05, 4.69) is 5.32 Å². The van der Waals surface area contributed by atoms with Gasteiger partial charge in [0.15, 0.2) is 9.84 Å². The Morgan fingerprint density at radius 1 is 1.33 bits per heavy atom. The Balaban J connectivity index is 3.17. The summed E-state index contributed by atoms with van der Waals surface area (Å²) in [6, 6.07) is 3.43. The van der Waals surface area contributed by atoms with Gasteiger partial charge in [-0.1, -0.05) is 13.8 Å². The molecule has 0 amide bonds. The van der Waals surface area contributed by atoms with Crippen molar-refractivity contribution >= 4 is 9.84 Å². The van der Waals surface area contributed by atoms with Gasteiger partial charge < -0.3 is 9.73 Å². The first kappa shape index (κ1) is 15.2. The smallest absolute Gasteiger partial charge is 0.154 e. The van der Waals surface area contributed by atoms with Crippen LogP contribution in [0.2, 0.25) is 0 Å². The summed E-state index contributed by atoms with van der Waals surface area (Å²) in [6.45, 7) is 8.10. The quantitative estimate of drug-likeness (QED) is 0.864. The Morgan fingerprint density at radius 3 is 2.33 bits per heavy atom. The van der Waals surface area contributed by atoms with Crippen molar-refractivity contribution in [1.29, 1.82) is 0 Å². The summed E-state index contributed by atoms with van der Waals surface area (Å²) in [5, 5.41) is 3.21. The van der Waals surface area contributed by atoms with E-state index in [1.165, 1.54) is 6.26 Å². The molecule has 1 heterocycles. The summed E-state index contributed by atoms with van der Waals surface area (Å²) in [4.78, 5) is 0. The molecule has 1 N–H and O–H groups in total. The van der Waals surface area contributed by atoms with Crippen molar-refractivity contribution in [3.05, 3.63) is 23.7 Å². The number of sulfone groups is 1. The standard InChI is InChI=1S/C13H23NO3S/c1-6-10-8-9-11(17-10)12(14-7-2)13(3,4)18(5,15)16/h8-9,12,14H,6-7H2,1-5H3. The lowest BCUT2D eigenvalue weighted by atomic mass is 10.0. The first-order valence-electron chi connectivity index (χ1n) is 6.25. The van der Waals surface area contributed by atoms with E-state index < -0.39 is 14.6 Å². The van der Waals surface area contributed by atoms with Crippen molar-refractivity contribution < 1.29 is 12.8 Å². The Morgan fingerprint density at radius 2 is 1.94 bits per heavy atom. The van der Waals surface area contributed by atoms with Gasteiger partial charge >= 0.3 is 0 Å². The number of furan rings is 1. The van der Waals surface area contributed by atoms with Gasteiger partial charge in [0.05, 0.1) is 10.8 Å². The predicted molar refractivity (Wildman–Crippen MR) is 73.4 cm³/mol. The summed E-state index contributed by atoms with van der Waals surface area (Å²) >= 11 is 0. The molecule has 1 aromatic rings. The van der Waals surface area contributed by atoms with Gasteiger partial charge in [-0.15, -0.1) is 0 Å². The number of hydrogen-bond acceptors (Lipinski definition) is 4. The Hall–Kier alpha value is -0.810. The van der Waals surface area contributed by atoms with E-state index in [9.17, 15) is 8.42 Å². The van der Waals surface area contributed by atoms with Crippen molar-refractivity contribution in [2.45, 2.75) is 44.9 Å². The minimum Gasteiger partial charge on any atom is -0.464 e. The van der Waals surface area contributed by atoms with Gasteiger partial charge in [0, 0.05) is 12.7 Å². The molecular formula is C13H23NO3S. The second kappa shape index (κ2) is 5.45. The fourth-order valence-electron chi connectivity index (χ4n) is 1.85. The average Bonchev–Trinajstić information content (AvgIpc) is 2.72. The minimum atomic E-state index is -3.19.